The van der Waals surface area contributed by atoms with E-state index in [1.54, 1.807) is 6.20 Å². The molecule has 0 amide bonds. The summed E-state index contributed by atoms with van der Waals surface area (Å²) >= 11 is 0. The van der Waals surface area contributed by atoms with Crippen molar-refractivity contribution >= 4 is 5.78 Å². The second-order valence-electron chi connectivity index (χ2n) is 4.47. The summed E-state index contributed by atoms with van der Waals surface area (Å²) < 4.78 is 1.90. The molecule has 0 radical (unpaired) electrons. The molecule has 1 heterocycles. The molecular weight excluding hydrogens is 200 g/mol. The Morgan fingerprint density at radius 1 is 1.62 bits per heavy atom. The standard InChI is InChI=1S/C13H18N2O/c1-3-15-9-8-14-13(15)12(16)11-6-4-10(2)5-7-11/h6,8-10H,3-5,7H2,1-2H3. The van der Waals surface area contributed by atoms with Gasteiger partial charge in [0, 0.05) is 18.9 Å². The molecular formula is C13H18N2O. The van der Waals surface area contributed by atoms with Crippen LogP contribution < -0.4 is 0 Å². The zero-order valence-electron chi connectivity index (χ0n) is 9.94. The average molecular weight is 218 g/mol. The van der Waals surface area contributed by atoms with Gasteiger partial charge in [-0.1, -0.05) is 13.0 Å². The van der Waals surface area contributed by atoms with E-state index in [0.29, 0.717) is 11.7 Å². The van der Waals surface area contributed by atoms with Crippen LogP contribution in [0.3, 0.4) is 0 Å². The lowest BCUT2D eigenvalue weighted by Gasteiger charge is -2.17. The van der Waals surface area contributed by atoms with Gasteiger partial charge in [0.1, 0.15) is 0 Å². The van der Waals surface area contributed by atoms with Crippen molar-refractivity contribution in [2.45, 2.75) is 39.7 Å². The Morgan fingerprint density at radius 2 is 2.44 bits per heavy atom. The van der Waals surface area contributed by atoms with E-state index in [0.717, 1.165) is 31.4 Å². The van der Waals surface area contributed by atoms with Crippen molar-refractivity contribution in [3.8, 4) is 0 Å². The van der Waals surface area contributed by atoms with Gasteiger partial charge in [0.25, 0.3) is 0 Å². The summed E-state index contributed by atoms with van der Waals surface area (Å²) in [5, 5.41) is 0. The summed E-state index contributed by atoms with van der Waals surface area (Å²) in [5.41, 5.74) is 0.944. The van der Waals surface area contributed by atoms with Crippen LogP contribution in [0.2, 0.25) is 0 Å². The van der Waals surface area contributed by atoms with Crippen LogP contribution in [-0.2, 0) is 6.54 Å². The number of hydrogen-bond donors (Lipinski definition) is 0. The molecule has 1 aromatic rings. The molecule has 2 rings (SSSR count). The van der Waals surface area contributed by atoms with Gasteiger partial charge in [-0.3, -0.25) is 4.79 Å². The number of rotatable bonds is 3. The summed E-state index contributed by atoms with van der Waals surface area (Å²) in [5.74, 6) is 1.41. The smallest absolute Gasteiger partial charge is 0.224 e. The molecule has 1 aliphatic rings. The highest BCUT2D eigenvalue weighted by Gasteiger charge is 2.20. The van der Waals surface area contributed by atoms with E-state index in [-0.39, 0.29) is 5.78 Å². The van der Waals surface area contributed by atoms with Crippen LogP contribution in [0.15, 0.2) is 24.0 Å². The molecule has 86 valence electrons. The van der Waals surface area contributed by atoms with Crippen LogP contribution in [0.5, 0.6) is 0 Å². The van der Waals surface area contributed by atoms with E-state index in [1.807, 2.05) is 17.7 Å². The number of ketones is 1. The fourth-order valence-corrected chi connectivity index (χ4v) is 2.09. The third-order valence-electron chi connectivity index (χ3n) is 3.22. The van der Waals surface area contributed by atoms with Crippen molar-refractivity contribution in [1.29, 1.82) is 0 Å². The largest absolute Gasteiger partial charge is 0.329 e. The average Bonchev–Trinajstić information content (AvgIpc) is 2.77. The van der Waals surface area contributed by atoms with Crippen LogP contribution in [0.25, 0.3) is 0 Å². The van der Waals surface area contributed by atoms with Gasteiger partial charge in [-0.25, -0.2) is 4.98 Å². The van der Waals surface area contributed by atoms with Gasteiger partial charge in [0.05, 0.1) is 0 Å². The summed E-state index contributed by atoms with van der Waals surface area (Å²) in [6.07, 6.45) is 8.68. The summed E-state index contributed by atoms with van der Waals surface area (Å²) in [6.45, 7) is 5.05. The third-order valence-corrected chi connectivity index (χ3v) is 3.22. The SMILES string of the molecule is CCn1ccnc1C(=O)C1=CCC(C)CC1. The highest BCUT2D eigenvalue weighted by atomic mass is 16.1. The van der Waals surface area contributed by atoms with Gasteiger partial charge in [0.15, 0.2) is 5.82 Å². The number of aryl methyl sites for hydroxylation is 1. The van der Waals surface area contributed by atoms with Crippen molar-refractivity contribution in [2.75, 3.05) is 0 Å². The van der Waals surface area contributed by atoms with Gasteiger partial charge in [0.2, 0.25) is 5.78 Å². The Morgan fingerprint density at radius 3 is 3.06 bits per heavy atom. The Hall–Kier alpha value is -1.38. The highest BCUT2D eigenvalue weighted by molar-refractivity contribution is 6.06. The van der Waals surface area contributed by atoms with Crippen LogP contribution in [0, 0.1) is 5.92 Å². The minimum Gasteiger partial charge on any atom is -0.329 e. The Kier molecular flexibility index (Phi) is 3.22. The van der Waals surface area contributed by atoms with Crippen molar-refractivity contribution in [3.05, 3.63) is 29.9 Å². The molecule has 3 nitrogen and oxygen atoms in total. The number of carbonyl (C=O) groups is 1. The van der Waals surface area contributed by atoms with Gasteiger partial charge < -0.3 is 4.57 Å². The molecule has 0 N–H and O–H groups in total. The van der Waals surface area contributed by atoms with Crippen molar-refractivity contribution in [3.63, 3.8) is 0 Å². The van der Waals surface area contributed by atoms with Gasteiger partial charge in [-0.2, -0.15) is 0 Å². The van der Waals surface area contributed by atoms with Crippen molar-refractivity contribution < 1.29 is 4.79 Å². The Labute approximate surface area is 96.2 Å². The number of allylic oxidation sites excluding steroid dienone is 2. The van der Waals surface area contributed by atoms with Crippen molar-refractivity contribution in [2.24, 2.45) is 5.92 Å². The lowest BCUT2D eigenvalue weighted by molar-refractivity contribution is 0.101. The predicted octanol–water partition coefficient (Wildman–Crippen LogP) is 2.83. The first kappa shape index (κ1) is 11.1. The molecule has 1 atom stereocenters. The van der Waals surface area contributed by atoms with E-state index in [4.69, 9.17) is 0 Å². The Bertz CT molecular complexity index is 417. The van der Waals surface area contributed by atoms with E-state index in [1.165, 1.54) is 0 Å². The Balaban J connectivity index is 2.19. The molecule has 0 saturated heterocycles. The quantitative estimate of drug-likeness (QED) is 0.731. The molecule has 1 aromatic heterocycles. The zero-order chi connectivity index (χ0) is 11.5. The van der Waals surface area contributed by atoms with E-state index in [2.05, 4.69) is 18.0 Å². The predicted molar refractivity (Wildman–Crippen MR) is 63.3 cm³/mol. The number of hydrogen-bond acceptors (Lipinski definition) is 2. The molecule has 0 aromatic carbocycles. The second-order valence-corrected chi connectivity index (χ2v) is 4.47. The fraction of sp³-hybridized carbons (Fsp3) is 0.538. The van der Waals surface area contributed by atoms with Gasteiger partial charge >= 0.3 is 0 Å². The maximum absolute atomic E-state index is 12.2. The topological polar surface area (TPSA) is 34.9 Å². The maximum Gasteiger partial charge on any atom is 0.224 e. The zero-order valence-corrected chi connectivity index (χ0v) is 9.94. The molecule has 0 bridgehead atoms. The van der Waals surface area contributed by atoms with Gasteiger partial charge in [-0.05, 0) is 37.7 Å². The molecule has 0 spiro atoms. The number of nitrogens with zero attached hydrogens (tertiary/aromatic N) is 2. The second kappa shape index (κ2) is 4.64. The number of aromatic nitrogens is 2. The number of carbonyl (C=O) groups excluding carboxylic acids is 1. The summed E-state index contributed by atoms with van der Waals surface area (Å²) in [6, 6.07) is 0. The van der Waals surface area contributed by atoms with Crippen LogP contribution >= 0.6 is 0 Å². The molecule has 1 unspecified atom stereocenters. The fourth-order valence-electron chi connectivity index (χ4n) is 2.09. The van der Waals surface area contributed by atoms with E-state index in [9.17, 15) is 4.79 Å². The van der Waals surface area contributed by atoms with Crippen LogP contribution in [0.1, 0.15) is 43.7 Å². The van der Waals surface area contributed by atoms with E-state index < -0.39 is 0 Å². The van der Waals surface area contributed by atoms with Gasteiger partial charge in [-0.15, -0.1) is 0 Å². The van der Waals surface area contributed by atoms with Crippen LogP contribution in [0.4, 0.5) is 0 Å². The highest BCUT2D eigenvalue weighted by Crippen LogP contribution is 2.24. The normalized spacial score (nSPS) is 20.6. The first-order valence-electron chi connectivity index (χ1n) is 5.97. The number of imidazole rings is 1. The van der Waals surface area contributed by atoms with Crippen LogP contribution in [-0.4, -0.2) is 15.3 Å². The minimum absolute atomic E-state index is 0.110. The minimum atomic E-state index is 0.110. The maximum atomic E-state index is 12.2. The third kappa shape index (κ3) is 2.08. The first-order chi connectivity index (χ1) is 7.72. The monoisotopic (exact) mass is 218 g/mol. The van der Waals surface area contributed by atoms with Crippen molar-refractivity contribution in [1.82, 2.24) is 9.55 Å². The molecule has 1 aliphatic carbocycles. The summed E-state index contributed by atoms with van der Waals surface area (Å²) in [4.78, 5) is 16.3. The molecule has 16 heavy (non-hydrogen) atoms. The molecule has 0 saturated carbocycles. The van der Waals surface area contributed by atoms with E-state index >= 15 is 0 Å². The summed E-state index contributed by atoms with van der Waals surface area (Å²) in [7, 11) is 0. The first-order valence-corrected chi connectivity index (χ1v) is 5.97. The number of Topliss-reactive ketones (excluding diaryl/α,β-unsaturated/α-hetero) is 1. The molecule has 0 aliphatic heterocycles. The molecule has 3 heteroatoms. The lowest BCUT2D eigenvalue weighted by atomic mass is 9.89. The lowest BCUT2D eigenvalue weighted by Crippen LogP contribution is -2.14. The molecule has 0 fully saturated rings.